The Kier molecular flexibility index (Phi) is 5.50. The Hall–Kier alpha value is -0.803. The number of halogens is 1. The minimum absolute atomic E-state index is 0.0222. The molecule has 0 bridgehead atoms. The van der Waals surface area contributed by atoms with Crippen LogP contribution in [-0.4, -0.2) is 47.5 Å². The Morgan fingerprint density at radius 1 is 1.23 bits per heavy atom. The summed E-state index contributed by atoms with van der Waals surface area (Å²) in [5.74, 6) is -0.302. The monoisotopic (exact) mass is 495 g/mol. The van der Waals surface area contributed by atoms with Gasteiger partial charge in [-0.2, -0.15) is 0 Å². The highest BCUT2D eigenvalue weighted by Crippen LogP contribution is 2.49. The number of ether oxygens (including phenoxy) is 2. The van der Waals surface area contributed by atoms with Crippen LogP contribution in [-0.2, 0) is 13.9 Å². The van der Waals surface area contributed by atoms with Crippen LogP contribution in [0.4, 0.5) is 0 Å². The zero-order valence-electron chi connectivity index (χ0n) is 19.3. The molecular formula is C22H34BrN3O3Si. The second kappa shape index (κ2) is 7.37. The molecule has 2 aromatic heterocycles. The van der Waals surface area contributed by atoms with Gasteiger partial charge in [-0.25, -0.2) is 9.97 Å². The summed E-state index contributed by atoms with van der Waals surface area (Å²) >= 11 is 3.71. The van der Waals surface area contributed by atoms with Gasteiger partial charge in [0.1, 0.15) is 18.1 Å². The first-order valence-corrected chi connectivity index (χ1v) is 14.5. The standard InChI is InChI=1S/C22H34BrN3O3Si/c1-13-17-15(23)10-26(20(17)25-12-24-13)16-9-14(11-27-30(7,8)21(2,3)4)18-19(16)29-22(5,6)28-18/h10,12,14,16,18-19H,9,11H2,1-8H3/t14-,16-,18-,19+/m1/s1. The molecule has 0 radical (unpaired) electrons. The van der Waals surface area contributed by atoms with Crippen LogP contribution in [0.1, 0.15) is 52.8 Å². The Morgan fingerprint density at radius 2 is 1.90 bits per heavy atom. The highest BCUT2D eigenvalue weighted by Gasteiger charge is 2.55. The van der Waals surface area contributed by atoms with E-state index < -0.39 is 14.1 Å². The van der Waals surface area contributed by atoms with Crippen molar-refractivity contribution < 1.29 is 13.9 Å². The summed E-state index contributed by atoms with van der Waals surface area (Å²) < 4.78 is 22.7. The van der Waals surface area contributed by atoms with Crippen LogP contribution in [0.2, 0.25) is 18.1 Å². The Bertz CT molecular complexity index is 953. The molecule has 3 heterocycles. The highest BCUT2D eigenvalue weighted by molar-refractivity contribution is 9.10. The third kappa shape index (κ3) is 3.79. The van der Waals surface area contributed by atoms with Crippen molar-refractivity contribution in [2.75, 3.05) is 6.61 Å². The number of nitrogens with zero attached hydrogens (tertiary/aromatic N) is 3. The van der Waals surface area contributed by atoms with Gasteiger partial charge in [0.25, 0.3) is 0 Å². The zero-order chi connectivity index (χ0) is 22.1. The number of fused-ring (bicyclic) bond motifs is 2. The number of hydrogen-bond acceptors (Lipinski definition) is 5. The molecule has 0 amide bonds. The van der Waals surface area contributed by atoms with Crippen LogP contribution in [0, 0.1) is 12.8 Å². The van der Waals surface area contributed by atoms with E-state index >= 15 is 0 Å². The average molecular weight is 497 g/mol. The second-order valence-electron chi connectivity index (χ2n) is 10.7. The minimum Gasteiger partial charge on any atom is -0.416 e. The van der Waals surface area contributed by atoms with Crippen LogP contribution in [0.3, 0.4) is 0 Å². The number of hydrogen-bond donors (Lipinski definition) is 0. The predicted octanol–water partition coefficient (Wildman–Crippen LogP) is 5.61. The van der Waals surface area contributed by atoms with Crippen molar-refractivity contribution in [1.29, 1.82) is 0 Å². The number of aromatic nitrogens is 3. The van der Waals surface area contributed by atoms with Gasteiger partial charge in [-0.3, -0.25) is 0 Å². The average Bonchev–Trinajstić information content (AvgIpc) is 3.21. The largest absolute Gasteiger partial charge is 0.416 e. The van der Waals surface area contributed by atoms with E-state index in [2.05, 4.69) is 70.5 Å². The van der Waals surface area contributed by atoms with Crippen molar-refractivity contribution >= 4 is 35.3 Å². The summed E-state index contributed by atoms with van der Waals surface area (Å²) in [6.07, 6.45) is 4.71. The fourth-order valence-corrected chi connectivity index (χ4v) is 6.21. The van der Waals surface area contributed by atoms with Crippen LogP contribution < -0.4 is 0 Å². The van der Waals surface area contributed by atoms with Gasteiger partial charge < -0.3 is 18.5 Å². The van der Waals surface area contributed by atoms with Crippen molar-refractivity contribution in [3.63, 3.8) is 0 Å². The normalized spacial score (nSPS) is 29.0. The van der Waals surface area contributed by atoms with E-state index in [0.717, 1.165) is 27.6 Å². The van der Waals surface area contributed by atoms with E-state index in [1.165, 1.54) is 0 Å². The third-order valence-electron chi connectivity index (χ3n) is 7.13. The maximum absolute atomic E-state index is 6.61. The Morgan fingerprint density at radius 3 is 2.57 bits per heavy atom. The van der Waals surface area contributed by atoms with Gasteiger partial charge in [-0.15, -0.1) is 0 Å². The van der Waals surface area contributed by atoms with Gasteiger partial charge in [0.05, 0.1) is 23.2 Å². The Labute approximate surface area is 189 Å². The van der Waals surface area contributed by atoms with E-state index in [9.17, 15) is 0 Å². The molecule has 0 aromatic carbocycles. The van der Waals surface area contributed by atoms with Gasteiger partial charge in [0.15, 0.2) is 14.1 Å². The van der Waals surface area contributed by atoms with E-state index in [1.807, 2.05) is 20.8 Å². The van der Waals surface area contributed by atoms with Crippen LogP contribution >= 0.6 is 15.9 Å². The zero-order valence-corrected chi connectivity index (χ0v) is 21.9. The molecule has 1 aliphatic carbocycles. The summed E-state index contributed by atoms with van der Waals surface area (Å²) in [5.41, 5.74) is 1.92. The summed E-state index contributed by atoms with van der Waals surface area (Å²) in [4.78, 5) is 8.97. The second-order valence-corrected chi connectivity index (χ2v) is 16.4. The van der Waals surface area contributed by atoms with Crippen molar-refractivity contribution in [2.24, 2.45) is 5.92 Å². The van der Waals surface area contributed by atoms with E-state index in [1.54, 1.807) is 6.33 Å². The molecule has 1 aliphatic heterocycles. The SMILES string of the molecule is Cc1ncnc2c1c(Br)cn2[C@@H]1C[C@H](CO[Si](C)(C)C(C)(C)C)[C@H]2OC(C)(C)O[C@H]21. The molecule has 4 atom stereocenters. The molecule has 0 unspecified atom stereocenters. The van der Waals surface area contributed by atoms with Gasteiger partial charge in [-0.1, -0.05) is 20.8 Å². The summed E-state index contributed by atoms with van der Waals surface area (Å²) in [5, 5.41) is 1.25. The molecular weight excluding hydrogens is 462 g/mol. The van der Waals surface area contributed by atoms with Gasteiger partial charge >= 0.3 is 0 Å². The molecule has 6 nitrogen and oxygen atoms in total. The number of rotatable bonds is 4. The third-order valence-corrected chi connectivity index (χ3v) is 12.2. The lowest BCUT2D eigenvalue weighted by atomic mass is 10.1. The molecule has 1 saturated heterocycles. The predicted molar refractivity (Wildman–Crippen MR) is 124 cm³/mol. The molecule has 0 spiro atoms. The maximum atomic E-state index is 6.61. The van der Waals surface area contributed by atoms with Crippen LogP contribution in [0.5, 0.6) is 0 Å². The van der Waals surface area contributed by atoms with E-state index in [4.69, 9.17) is 13.9 Å². The van der Waals surface area contributed by atoms with Crippen molar-refractivity contribution in [3.05, 3.63) is 22.7 Å². The van der Waals surface area contributed by atoms with Gasteiger partial charge in [0, 0.05) is 23.2 Å². The first-order valence-electron chi connectivity index (χ1n) is 10.8. The highest BCUT2D eigenvalue weighted by atomic mass is 79.9. The molecule has 0 N–H and O–H groups in total. The Balaban J connectivity index is 1.65. The van der Waals surface area contributed by atoms with Crippen molar-refractivity contribution in [2.45, 2.75) is 90.1 Å². The molecule has 2 aromatic rings. The van der Waals surface area contributed by atoms with Crippen LogP contribution in [0.15, 0.2) is 17.0 Å². The molecule has 166 valence electrons. The minimum atomic E-state index is -1.83. The lowest BCUT2D eigenvalue weighted by Gasteiger charge is -2.37. The van der Waals surface area contributed by atoms with Crippen molar-refractivity contribution in [3.8, 4) is 0 Å². The molecule has 2 fully saturated rings. The lowest BCUT2D eigenvalue weighted by molar-refractivity contribution is -0.161. The smallest absolute Gasteiger partial charge is 0.191 e. The molecule has 2 aliphatic rings. The molecule has 30 heavy (non-hydrogen) atoms. The van der Waals surface area contributed by atoms with Crippen molar-refractivity contribution in [1.82, 2.24) is 14.5 Å². The molecule has 8 heteroatoms. The maximum Gasteiger partial charge on any atom is 0.191 e. The summed E-state index contributed by atoms with van der Waals surface area (Å²) in [7, 11) is -1.83. The topological polar surface area (TPSA) is 58.4 Å². The molecule has 4 rings (SSSR count). The summed E-state index contributed by atoms with van der Waals surface area (Å²) in [6, 6.07) is 0.146. The summed E-state index contributed by atoms with van der Waals surface area (Å²) in [6.45, 7) is 18.2. The van der Waals surface area contributed by atoms with E-state index in [0.29, 0.717) is 6.61 Å². The van der Waals surface area contributed by atoms with Gasteiger partial charge in [-0.05, 0) is 61.3 Å². The quantitative estimate of drug-likeness (QED) is 0.516. The fraction of sp³-hybridized carbons (Fsp3) is 0.727. The fourth-order valence-electron chi connectivity index (χ4n) is 4.46. The first kappa shape index (κ1) is 22.4. The molecule has 1 saturated carbocycles. The van der Waals surface area contributed by atoms with Gasteiger partial charge in [0.2, 0.25) is 0 Å². The first-order chi connectivity index (χ1) is 13.8. The van der Waals surface area contributed by atoms with E-state index in [-0.39, 0.29) is 29.2 Å². The number of aryl methyl sites for hydroxylation is 1. The lowest BCUT2D eigenvalue weighted by Crippen LogP contribution is -2.43. The van der Waals surface area contributed by atoms with Crippen LogP contribution in [0.25, 0.3) is 11.0 Å².